The number of anilines is 1. The number of amides is 3. The summed E-state index contributed by atoms with van der Waals surface area (Å²) in [5.74, 6) is -0.731. The Bertz CT molecular complexity index is 1280. The van der Waals surface area contributed by atoms with Gasteiger partial charge in [0.05, 0.1) is 16.8 Å². The van der Waals surface area contributed by atoms with Crippen LogP contribution >= 0.6 is 0 Å². The van der Waals surface area contributed by atoms with Crippen molar-refractivity contribution in [1.82, 2.24) is 4.90 Å². The van der Waals surface area contributed by atoms with Crippen LogP contribution in [0.3, 0.4) is 0 Å². The lowest BCUT2D eigenvalue weighted by Gasteiger charge is -2.37. The molecule has 2 bridgehead atoms. The van der Waals surface area contributed by atoms with Crippen molar-refractivity contribution in [3.8, 4) is 0 Å². The molecule has 1 aliphatic heterocycles. The summed E-state index contributed by atoms with van der Waals surface area (Å²) >= 11 is 0. The molecule has 8 nitrogen and oxygen atoms in total. The Kier molecular flexibility index (Phi) is 4.71. The van der Waals surface area contributed by atoms with Crippen molar-refractivity contribution in [2.24, 2.45) is 35.5 Å². The van der Waals surface area contributed by atoms with Crippen LogP contribution in [0.4, 0.5) is 11.4 Å². The summed E-state index contributed by atoms with van der Waals surface area (Å²) in [5.41, 5.74) is 1.88. The number of aryl methyl sites for hydroxylation is 2. The van der Waals surface area contributed by atoms with Gasteiger partial charge in [-0.15, -0.1) is 0 Å². The largest absolute Gasteiger partial charge is 0.289 e. The average molecular weight is 472 g/mol. The molecule has 3 fully saturated rings. The van der Waals surface area contributed by atoms with Gasteiger partial charge in [0.25, 0.3) is 11.6 Å². The highest BCUT2D eigenvalue weighted by Gasteiger charge is 2.67. The van der Waals surface area contributed by atoms with E-state index in [2.05, 4.69) is 12.2 Å². The molecule has 2 saturated carbocycles. The molecule has 0 N–H and O–H groups in total. The lowest BCUT2D eigenvalue weighted by molar-refractivity contribution is -0.385. The number of hydrogen-bond acceptors (Lipinski definition) is 5. The van der Waals surface area contributed by atoms with Crippen LogP contribution in [0.2, 0.25) is 0 Å². The molecule has 3 amide bonds. The number of imide groups is 1. The Morgan fingerprint density at radius 1 is 1.00 bits per heavy atom. The maximum atomic E-state index is 13.8. The Hall–Kier alpha value is -3.81. The Balaban J connectivity index is 1.39. The number of carbonyl (C=O) groups excluding carboxylic acids is 3. The zero-order chi connectivity index (χ0) is 24.6. The molecular weight excluding hydrogens is 446 g/mol. The van der Waals surface area contributed by atoms with Gasteiger partial charge in [-0.25, -0.2) is 0 Å². The third-order valence-corrected chi connectivity index (χ3v) is 8.13. The van der Waals surface area contributed by atoms with Crippen LogP contribution in [0.15, 0.2) is 54.6 Å². The van der Waals surface area contributed by atoms with Crippen molar-refractivity contribution < 1.29 is 19.3 Å². The lowest BCUT2D eigenvalue weighted by Crippen LogP contribution is -2.45. The second-order valence-electron chi connectivity index (χ2n) is 10.3. The first-order valence-corrected chi connectivity index (χ1v) is 11.9. The summed E-state index contributed by atoms with van der Waals surface area (Å²) in [6.45, 7) is 3.51. The normalized spacial score (nSPS) is 29.7. The molecule has 0 radical (unpaired) electrons. The van der Waals surface area contributed by atoms with E-state index in [-0.39, 0.29) is 53.4 Å². The van der Waals surface area contributed by atoms with E-state index in [9.17, 15) is 24.5 Å². The molecule has 4 aliphatic carbocycles. The van der Waals surface area contributed by atoms with Crippen LogP contribution in [0.25, 0.3) is 0 Å². The summed E-state index contributed by atoms with van der Waals surface area (Å²) in [7, 11) is 0. The number of nitrogens with zero attached hydrogens (tertiary/aromatic N) is 3. The molecule has 5 aliphatic rings. The van der Waals surface area contributed by atoms with Crippen molar-refractivity contribution in [1.29, 1.82) is 0 Å². The zero-order valence-corrected chi connectivity index (χ0v) is 19.5. The summed E-state index contributed by atoms with van der Waals surface area (Å²) in [6.07, 6.45) is 5.28. The van der Waals surface area contributed by atoms with Crippen LogP contribution in [0.5, 0.6) is 0 Å². The minimum absolute atomic E-state index is 0.0806. The number of hydrogen-bond donors (Lipinski definition) is 0. The standard InChI is InChI=1S/C27H25N3O5/c1-14-9-15(2)11-16(10-14)28(25(31)19-5-3-4-6-22(19)30(34)35)13-29-26(32)23-17-7-8-18(21-12-20(17)21)24(23)27(29)33/h3-11,17-18,20-21,23-24H,12-13H2,1-2H3. The molecule has 0 aromatic heterocycles. The van der Waals surface area contributed by atoms with Crippen LogP contribution in [0.1, 0.15) is 27.9 Å². The van der Waals surface area contributed by atoms with Crippen molar-refractivity contribution >= 4 is 29.1 Å². The molecule has 6 atom stereocenters. The van der Waals surface area contributed by atoms with E-state index in [0.717, 1.165) is 17.5 Å². The Labute approximate surface area is 202 Å². The molecule has 7 rings (SSSR count). The van der Waals surface area contributed by atoms with Crippen molar-refractivity contribution in [2.45, 2.75) is 20.3 Å². The number of carbonyl (C=O) groups is 3. The smallest absolute Gasteiger partial charge is 0.282 e. The highest BCUT2D eigenvalue weighted by Crippen LogP contribution is 2.65. The van der Waals surface area contributed by atoms with Crippen LogP contribution in [-0.2, 0) is 9.59 Å². The molecular formula is C27H25N3O5. The number of benzene rings is 2. The minimum atomic E-state index is -0.623. The summed E-state index contributed by atoms with van der Waals surface area (Å²) in [4.78, 5) is 54.5. The first-order valence-electron chi connectivity index (χ1n) is 11.9. The monoisotopic (exact) mass is 471 g/mol. The van der Waals surface area contributed by atoms with E-state index in [1.807, 2.05) is 19.9 Å². The fraction of sp³-hybridized carbons (Fsp3) is 0.370. The van der Waals surface area contributed by atoms with Crippen LogP contribution < -0.4 is 4.90 Å². The van der Waals surface area contributed by atoms with E-state index in [4.69, 9.17) is 0 Å². The fourth-order valence-corrected chi connectivity index (χ4v) is 6.63. The van der Waals surface area contributed by atoms with Gasteiger partial charge in [0, 0.05) is 11.8 Å². The predicted octanol–water partition coefficient (Wildman–Crippen LogP) is 3.87. The Morgan fingerprint density at radius 2 is 1.57 bits per heavy atom. The molecule has 2 aromatic carbocycles. The van der Waals surface area contributed by atoms with E-state index in [1.54, 1.807) is 18.2 Å². The van der Waals surface area contributed by atoms with Gasteiger partial charge in [-0.05, 0) is 73.3 Å². The fourth-order valence-electron chi connectivity index (χ4n) is 6.63. The average Bonchev–Trinajstić information content (AvgIpc) is 3.61. The number of allylic oxidation sites excluding steroid dienone is 2. The second-order valence-corrected chi connectivity index (χ2v) is 10.3. The van der Waals surface area contributed by atoms with E-state index >= 15 is 0 Å². The van der Waals surface area contributed by atoms with Crippen LogP contribution in [-0.4, -0.2) is 34.2 Å². The maximum absolute atomic E-state index is 13.8. The van der Waals surface area contributed by atoms with E-state index < -0.39 is 10.8 Å². The molecule has 1 saturated heterocycles. The molecule has 0 spiro atoms. The van der Waals surface area contributed by atoms with E-state index in [0.29, 0.717) is 17.5 Å². The summed E-state index contributed by atoms with van der Waals surface area (Å²) < 4.78 is 0. The molecule has 2 aromatic rings. The van der Waals surface area contributed by atoms with Gasteiger partial charge in [0.15, 0.2) is 0 Å². The van der Waals surface area contributed by atoms with Crippen molar-refractivity contribution in [3.63, 3.8) is 0 Å². The molecule has 8 heteroatoms. The molecule has 6 unspecified atom stereocenters. The third kappa shape index (κ3) is 3.23. The van der Waals surface area contributed by atoms with Gasteiger partial charge in [0.1, 0.15) is 12.2 Å². The van der Waals surface area contributed by atoms with Gasteiger partial charge >= 0.3 is 0 Å². The first-order chi connectivity index (χ1) is 16.8. The number of likely N-dealkylation sites (tertiary alicyclic amines) is 1. The second kappa shape index (κ2) is 7.60. The van der Waals surface area contributed by atoms with Gasteiger partial charge in [-0.2, -0.15) is 0 Å². The number of nitro benzene ring substituents is 1. The zero-order valence-electron chi connectivity index (χ0n) is 19.5. The maximum Gasteiger partial charge on any atom is 0.282 e. The molecule has 1 heterocycles. The summed E-state index contributed by atoms with van der Waals surface area (Å²) in [6, 6.07) is 11.3. The van der Waals surface area contributed by atoms with Gasteiger partial charge in [0.2, 0.25) is 11.8 Å². The third-order valence-electron chi connectivity index (χ3n) is 8.13. The topological polar surface area (TPSA) is 101 Å². The van der Waals surface area contributed by atoms with Crippen molar-refractivity contribution in [3.05, 3.63) is 81.4 Å². The highest BCUT2D eigenvalue weighted by atomic mass is 16.6. The number of para-hydroxylation sites is 1. The van der Waals surface area contributed by atoms with Gasteiger partial charge in [-0.1, -0.05) is 30.4 Å². The quantitative estimate of drug-likeness (QED) is 0.285. The molecule has 178 valence electrons. The SMILES string of the molecule is Cc1cc(C)cc(N(CN2C(=O)C3C4C=CC(C5CC45)C3C2=O)C(=O)c2ccccc2[N+](=O)[O-])c1. The van der Waals surface area contributed by atoms with Gasteiger partial charge in [-0.3, -0.25) is 34.3 Å². The number of nitro groups is 1. The number of rotatable bonds is 5. The Morgan fingerprint density at radius 3 is 2.14 bits per heavy atom. The lowest BCUT2D eigenvalue weighted by atomic mass is 9.63. The van der Waals surface area contributed by atoms with Gasteiger partial charge < -0.3 is 0 Å². The molecule has 35 heavy (non-hydrogen) atoms. The first kappa shape index (κ1) is 21.7. The minimum Gasteiger partial charge on any atom is -0.289 e. The van der Waals surface area contributed by atoms with E-state index in [1.165, 1.54) is 28.0 Å². The highest BCUT2D eigenvalue weighted by molar-refractivity contribution is 6.11. The predicted molar refractivity (Wildman–Crippen MR) is 127 cm³/mol. The van der Waals surface area contributed by atoms with Crippen LogP contribution in [0, 0.1) is 59.5 Å². The summed E-state index contributed by atoms with van der Waals surface area (Å²) in [5, 5.41) is 11.6. The van der Waals surface area contributed by atoms with Crippen molar-refractivity contribution in [2.75, 3.05) is 11.6 Å².